The van der Waals surface area contributed by atoms with Gasteiger partial charge in [-0.05, 0) is 6.07 Å². The van der Waals surface area contributed by atoms with Gasteiger partial charge in [-0.1, -0.05) is 0 Å². The van der Waals surface area contributed by atoms with Crippen LogP contribution in [0.1, 0.15) is 0 Å². The summed E-state index contributed by atoms with van der Waals surface area (Å²) in [5, 5.41) is 0.946. The standard InChI is InChI=1S/C7H4N3/c1-2-8-3-6-4-9-5-10-7(1)6/h1,3-5H. The Morgan fingerprint density at radius 1 is 1.30 bits per heavy atom. The van der Waals surface area contributed by atoms with E-state index in [0.717, 1.165) is 10.9 Å². The minimum absolute atomic E-state index is 0.880. The van der Waals surface area contributed by atoms with Crippen LogP contribution in [-0.2, 0) is 0 Å². The fourth-order valence-electron chi connectivity index (χ4n) is 0.775. The van der Waals surface area contributed by atoms with Crippen LogP contribution in [0.5, 0.6) is 0 Å². The molecule has 0 saturated heterocycles. The van der Waals surface area contributed by atoms with Gasteiger partial charge in [0, 0.05) is 17.8 Å². The molecular weight excluding hydrogens is 126 g/mol. The summed E-state index contributed by atoms with van der Waals surface area (Å²) in [6, 6.07) is 1.73. The highest BCUT2D eigenvalue weighted by Gasteiger charge is 1.89. The van der Waals surface area contributed by atoms with E-state index in [4.69, 9.17) is 0 Å². The van der Waals surface area contributed by atoms with Crippen molar-refractivity contribution in [3.63, 3.8) is 0 Å². The van der Waals surface area contributed by atoms with Gasteiger partial charge in [0.1, 0.15) is 6.33 Å². The van der Waals surface area contributed by atoms with Crippen LogP contribution in [0.4, 0.5) is 0 Å². The lowest BCUT2D eigenvalue weighted by molar-refractivity contribution is 1.20. The molecule has 2 heterocycles. The maximum absolute atomic E-state index is 4.00. The van der Waals surface area contributed by atoms with Crippen LogP contribution in [0.3, 0.4) is 0 Å². The van der Waals surface area contributed by atoms with Gasteiger partial charge in [0.2, 0.25) is 0 Å². The third-order valence-electron chi connectivity index (χ3n) is 1.25. The van der Waals surface area contributed by atoms with Crippen molar-refractivity contribution in [2.75, 3.05) is 0 Å². The van der Waals surface area contributed by atoms with Gasteiger partial charge in [-0.15, -0.1) is 0 Å². The normalized spacial score (nSPS) is 10.0. The second-order valence-electron chi connectivity index (χ2n) is 1.89. The van der Waals surface area contributed by atoms with Crippen LogP contribution < -0.4 is 0 Å². The highest BCUT2D eigenvalue weighted by atomic mass is 14.8. The number of nitrogens with zero attached hydrogens (tertiary/aromatic N) is 3. The second kappa shape index (κ2) is 2.02. The molecule has 2 aromatic rings. The summed E-state index contributed by atoms with van der Waals surface area (Å²) in [7, 11) is 0. The average Bonchev–Trinajstić information content (AvgIpc) is 2.05. The Kier molecular flexibility index (Phi) is 1.07. The number of rotatable bonds is 0. The van der Waals surface area contributed by atoms with E-state index in [2.05, 4.69) is 21.1 Å². The molecule has 1 radical (unpaired) electrons. The zero-order chi connectivity index (χ0) is 6.81. The molecule has 3 heteroatoms. The fraction of sp³-hybridized carbons (Fsp3) is 0. The Morgan fingerprint density at radius 3 is 3.20 bits per heavy atom. The summed E-state index contributed by atoms with van der Waals surface area (Å²) in [5.74, 6) is 0. The van der Waals surface area contributed by atoms with Crippen LogP contribution in [-0.4, -0.2) is 15.0 Å². The molecule has 0 fully saturated rings. The molecule has 0 aliphatic carbocycles. The highest BCUT2D eigenvalue weighted by molar-refractivity contribution is 5.75. The third kappa shape index (κ3) is 0.719. The molecule has 0 aliphatic rings. The highest BCUT2D eigenvalue weighted by Crippen LogP contribution is 2.03. The Hall–Kier alpha value is -1.51. The van der Waals surface area contributed by atoms with Crippen LogP contribution in [0, 0.1) is 6.20 Å². The summed E-state index contributed by atoms with van der Waals surface area (Å²) >= 11 is 0. The average molecular weight is 130 g/mol. The smallest absolute Gasteiger partial charge is 0.116 e. The molecule has 0 bridgehead atoms. The van der Waals surface area contributed by atoms with E-state index in [1.54, 1.807) is 18.5 Å². The molecule has 0 amide bonds. The summed E-state index contributed by atoms with van der Waals surface area (Å²) in [5.41, 5.74) is 0.880. The quantitative estimate of drug-likeness (QED) is 0.530. The topological polar surface area (TPSA) is 38.7 Å². The molecule has 3 nitrogen and oxygen atoms in total. The molecule has 0 N–H and O–H groups in total. The number of pyridine rings is 1. The van der Waals surface area contributed by atoms with E-state index in [1.807, 2.05) is 0 Å². The first-order valence-corrected chi connectivity index (χ1v) is 2.88. The lowest BCUT2D eigenvalue weighted by Crippen LogP contribution is -1.80. The Labute approximate surface area is 57.8 Å². The van der Waals surface area contributed by atoms with E-state index in [9.17, 15) is 0 Å². The van der Waals surface area contributed by atoms with E-state index >= 15 is 0 Å². The van der Waals surface area contributed by atoms with Crippen molar-refractivity contribution in [1.82, 2.24) is 15.0 Å². The van der Waals surface area contributed by atoms with Gasteiger partial charge in [0.15, 0.2) is 0 Å². The SMILES string of the molecule is [c]1cc2ncncc2cn1. The van der Waals surface area contributed by atoms with Gasteiger partial charge >= 0.3 is 0 Å². The Bertz CT molecular complexity index is 280. The van der Waals surface area contributed by atoms with Crippen molar-refractivity contribution in [3.05, 3.63) is 31.0 Å². The molecule has 0 spiro atoms. The van der Waals surface area contributed by atoms with Crippen molar-refractivity contribution < 1.29 is 0 Å². The number of fused-ring (bicyclic) bond motifs is 1. The lowest BCUT2D eigenvalue weighted by atomic mass is 10.3. The van der Waals surface area contributed by atoms with E-state index in [0.29, 0.717) is 0 Å². The first-order chi connectivity index (χ1) is 4.97. The molecule has 0 aliphatic heterocycles. The predicted molar refractivity (Wildman–Crippen MR) is 36.2 cm³/mol. The van der Waals surface area contributed by atoms with Crippen molar-refractivity contribution >= 4 is 10.9 Å². The molecule has 0 saturated carbocycles. The summed E-state index contributed by atoms with van der Waals surface area (Å²) in [4.78, 5) is 11.7. The number of hydrogen-bond donors (Lipinski definition) is 0. The van der Waals surface area contributed by atoms with Crippen LogP contribution in [0.2, 0.25) is 0 Å². The van der Waals surface area contributed by atoms with Crippen LogP contribution in [0.25, 0.3) is 10.9 Å². The first kappa shape index (κ1) is 5.29. The van der Waals surface area contributed by atoms with Gasteiger partial charge in [0.25, 0.3) is 0 Å². The fourth-order valence-corrected chi connectivity index (χ4v) is 0.775. The van der Waals surface area contributed by atoms with Gasteiger partial charge < -0.3 is 0 Å². The van der Waals surface area contributed by atoms with Gasteiger partial charge in [-0.2, -0.15) is 0 Å². The van der Waals surface area contributed by atoms with Crippen molar-refractivity contribution in [2.45, 2.75) is 0 Å². The largest absolute Gasteiger partial charge is 0.254 e. The zero-order valence-electron chi connectivity index (χ0n) is 5.15. The molecule has 2 aromatic heterocycles. The second-order valence-corrected chi connectivity index (χ2v) is 1.89. The van der Waals surface area contributed by atoms with Gasteiger partial charge in [0.05, 0.1) is 11.7 Å². The maximum atomic E-state index is 4.00. The van der Waals surface area contributed by atoms with Crippen molar-refractivity contribution in [2.24, 2.45) is 0 Å². The van der Waals surface area contributed by atoms with E-state index in [1.165, 1.54) is 6.33 Å². The minimum atomic E-state index is 0.880. The lowest BCUT2D eigenvalue weighted by Gasteiger charge is -1.89. The molecule has 0 aromatic carbocycles. The third-order valence-corrected chi connectivity index (χ3v) is 1.25. The number of hydrogen-bond acceptors (Lipinski definition) is 3. The molecule has 0 atom stereocenters. The van der Waals surface area contributed by atoms with E-state index < -0.39 is 0 Å². The monoisotopic (exact) mass is 130 g/mol. The van der Waals surface area contributed by atoms with Crippen molar-refractivity contribution in [1.29, 1.82) is 0 Å². The molecule has 0 unspecified atom stereocenters. The Morgan fingerprint density at radius 2 is 2.30 bits per heavy atom. The first-order valence-electron chi connectivity index (χ1n) is 2.88. The molecular formula is C7H4N3. The van der Waals surface area contributed by atoms with Crippen molar-refractivity contribution in [3.8, 4) is 0 Å². The number of aromatic nitrogens is 3. The molecule has 47 valence electrons. The minimum Gasteiger partial charge on any atom is -0.254 e. The maximum Gasteiger partial charge on any atom is 0.116 e. The van der Waals surface area contributed by atoms with Crippen LogP contribution >= 0.6 is 0 Å². The molecule has 10 heavy (non-hydrogen) atoms. The summed E-state index contributed by atoms with van der Waals surface area (Å²) < 4.78 is 0. The summed E-state index contributed by atoms with van der Waals surface area (Å²) in [6.07, 6.45) is 7.62. The van der Waals surface area contributed by atoms with Gasteiger partial charge in [-0.3, -0.25) is 4.98 Å². The Balaban J connectivity index is 2.89. The summed E-state index contributed by atoms with van der Waals surface area (Å²) in [6.45, 7) is 0. The zero-order valence-corrected chi connectivity index (χ0v) is 5.15. The molecule has 2 rings (SSSR count). The predicted octanol–water partition coefficient (Wildman–Crippen LogP) is 0.825. The van der Waals surface area contributed by atoms with E-state index in [-0.39, 0.29) is 0 Å². The van der Waals surface area contributed by atoms with Gasteiger partial charge in [-0.25, -0.2) is 9.97 Å². The van der Waals surface area contributed by atoms with Crippen LogP contribution in [0.15, 0.2) is 24.8 Å².